The molecule has 2 nitrogen and oxygen atoms in total. The van der Waals surface area contributed by atoms with E-state index in [1.165, 1.54) is 0 Å². The van der Waals surface area contributed by atoms with E-state index in [0.717, 1.165) is 0 Å². The summed E-state index contributed by atoms with van der Waals surface area (Å²) in [5.74, 6) is 0. The van der Waals surface area contributed by atoms with Crippen LogP contribution in [0.2, 0.25) is 0 Å². The molecule has 0 aliphatic heterocycles. The molecule has 0 saturated heterocycles. The molecule has 2 N–H and O–H groups in total. The van der Waals surface area contributed by atoms with E-state index in [2.05, 4.69) is 4.99 Å². The molecule has 0 aliphatic carbocycles. The van der Waals surface area contributed by atoms with Crippen molar-refractivity contribution in [3.05, 3.63) is 11.8 Å². The number of hydrogen-bond acceptors (Lipinski definition) is 2. The third kappa shape index (κ3) is 3.28. The first-order valence-electron chi connectivity index (χ1n) is 2.86. The van der Waals surface area contributed by atoms with Crippen LogP contribution >= 0.6 is 0 Å². The second kappa shape index (κ2) is 4.09. The van der Waals surface area contributed by atoms with E-state index in [9.17, 15) is 0 Å². The topological polar surface area (TPSA) is 38.4 Å². The van der Waals surface area contributed by atoms with E-state index in [4.69, 9.17) is 21.1 Å². The average Bonchev–Trinajstić information content (AvgIpc) is 1.81. The Morgan fingerprint density at radius 2 is 2.10 bits per heavy atom. The van der Waals surface area contributed by atoms with Gasteiger partial charge in [0.15, 0.2) is 0 Å². The summed E-state index contributed by atoms with van der Waals surface area (Å²) in [6, 6.07) is 0. The molecule has 0 unspecified atom stereocenters. The van der Waals surface area contributed by atoms with Crippen molar-refractivity contribution in [2.45, 2.75) is 6.92 Å². The van der Waals surface area contributed by atoms with E-state index < -0.39 is 0 Å². The van der Waals surface area contributed by atoms with Crippen molar-refractivity contribution in [3.63, 3.8) is 0 Å². The molecule has 0 aromatic rings. The van der Waals surface area contributed by atoms with Crippen molar-refractivity contribution >= 4 is 26.4 Å². The third-order valence-corrected chi connectivity index (χ3v) is 0.901. The van der Waals surface area contributed by atoms with Crippen molar-refractivity contribution in [2.24, 2.45) is 10.7 Å². The summed E-state index contributed by atoms with van der Waals surface area (Å²) >= 11 is 0. The Bertz CT molecular complexity index is 190. The van der Waals surface area contributed by atoms with Gasteiger partial charge in [-0.25, -0.2) is 0 Å². The second-order valence-electron chi connectivity index (χ2n) is 1.95. The molecule has 0 aromatic carbocycles. The SMILES string of the molecule is [B]C(=[B])C(/C=C(\C)N)=NC. The van der Waals surface area contributed by atoms with Gasteiger partial charge in [-0.1, -0.05) is 0 Å². The minimum absolute atomic E-state index is 0.187. The van der Waals surface area contributed by atoms with Crippen molar-refractivity contribution < 1.29 is 0 Å². The van der Waals surface area contributed by atoms with Crippen molar-refractivity contribution in [1.29, 1.82) is 0 Å². The van der Waals surface area contributed by atoms with Crippen LogP contribution in [0.5, 0.6) is 0 Å². The first-order chi connectivity index (χ1) is 4.57. The van der Waals surface area contributed by atoms with Crippen LogP contribution in [0, 0.1) is 0 Å². The van der Waals surface area contributed by atoms with Gasteiger partial charge in [0.2, 0.25) is 0 Å². The van der Waals surface area contributed by atoms with Crippen molar-refractivity contribution in [3.8, 4) is 0 Å². The molecule has 0 heterocycles. The van der Waals surface area contributed by atoms with Crippen LogP contribution in [0.25, 0.3) is 0 Å². The fraction of sp³-hybridized carbons (Fsp3) is 0.333. The monoisotopic (exact) mass is 131 g/mol. The quantitative estimate of drug-likeness (QED) is 0.393. The molecule has 0 fully saturated rings. The molecular weight excluding hydrogens is 122 g/mol. The van der Waals surface area contributed by atoms with Gasteiger partial charge in [-0.2, -0.15) is 0 Å². The molecule has 0 bridgehead atoms. The first-order valence-corrected chi connectivity index (χ1v) is 2.86. The van der Waals surface area contributed by atoms with Gasteiger partial charge in [-0.05, 0) is 0 Å². The molecule has 0 spiro atoms. The Morgan fingerprint density at radius 3 is 2.20 bits per heavy atom. The summed E-state index contributed by atoms with van der Waals surface area (Å²) in [4.78, 5) is 3.80. The van der Waals surface area contributed by atoms with Gasteiger partial charge < -0.3 is 0 Å². The van der Waals surface area contributed by atoms with E-state index in [1.54, 1.807) is 20.0 Å². The fourth-order valence-corrected chi connectivity index (χ4v) is 0.493. The van der Waals surface area contributed by atoms with Gasteiger partial charge in [0.05, 0.1) is 0 Å². The van der Waals surface area contributed by atoms with Gasteiger partial charge >= 0.3 is 62.9 Å². The summed E-state index contributed by atoms with van der Waals surface area (Å²) in [6.07, 6.45) is 1.62. The molecule has 0 aliphatic rings. The number of rotatable bonds is 2. The van der Waals surface area contributed by atoms with Crippen LogP contribution < -0.4 is 5.73 Å². The predicted octanol–water partition coefficient (Wildman–Crippen LogP) is -0.613. The van der Waals surface area contributed by atoms with Crippen LogP contribution in [-0.4, -0.2) is 33.5 Å². The average molecular weight is 131 g/mol. The van der Waals surface area contributed by atoms with Gasteiger partial charge in [0.25, 0.3) is 0 Å². The normalized spacial score (nSPS) is 13.3. The van der Waals surface area contributed by atoms with Gasteiger partial charge in [0, 0.05) is 0 Å². The molecule has 4 heteroatoms. The van der Waals surface area contributed by atoms with E-state index in [1.807, 2.05) is 0 Å². The van der Waals surface area contributed by atoms with E-state index in [0.29, 0.717) is 11.4 Å². The zero-order valence-corrected chi connectivity index (χ0v) is 6.26. The summed E-state index contributed by atoms with van der Waals surface area (Å²) in [5.41, 5.74) is 6.52. The van der Waals surface area contributed by atoms with Gasteiger partial charge in [-0.3, -0.25) is 0 Å². The maximum atomic E-state index is 5.36. The van der Waals surface area contributed by atoms with Crippen LogP contribution in [0.3, 0.4) is 0 Å². The Hall–Kier alpha value is -0.790. The molecule has 0 aromatic heterocycles. The summed E-state index contributed by atoms with van der Waals surface area (Å²) in [5, 5.41) is 0.187. The number of nitrogens with two attached hydrogens (primary N) is 1. The zero-order chi connectivity index (χ0) is 8.15. The van der Waals surface area contributed by atoms with E-state index >= 15 is 0 Å². The Kier molecular flexibility index (Phi) is 3.77. The second-order valence-corrected chi connectivity index (χ2v) is 1.95. The van der Waals surface area contributed by atoms with Crippen LogP contribution in [0.4, 0.5) is 0 Å². The molecule has 10 heavy (non-hydrogen) atoms. The summed E-state index contributed by atoms with van der Waals surface area (Å²) < 4.78 is 0. The number of allylic oxidation sites excluding steroid dienone is 2. The molecular formula is C6H9B2N2. The van der Waals surface area contributed by atoms with Crippen molar-refractivity contribution in [1.82, 2.24) is 0 Å². The van der Waals surface area contributed by atoms with Gasteiger partial charge in [-0.15, -0.1) is 0 Å². The Balaban J connectivity index is 4.42. The van der Waals surface area contributed by atoms with Crippen LogP contribution in [0.15, 0.2) is 16.8 Å². The first kappa shape index (κ1) is 9.21. The standard InChI is InChI=1S/C6H9B2N2/c1-4(9)3-5(10-2)6(7)8/h3H,9H2,1-2H3/b4-3+,10-5?. The summed E-state index contributed by atoms with van der Waals surface area (Å²) in [6.45, 7) is 1.74. The fourth-order valence-electron chi connectivity index (χ4n) is 0.493. The molecule has 0 amide bonds. The summed E-state index contributed by atoms with van der Waals surface area (Å²) in [7, 11) is 12.1. The Morgan fingerprint density at radius 1 is 1.60 bits per heavy atom. The molecule has 0 rings (SSSR count). The maximum absolute atomic E-state index is 5.36. The minimum atomic E-state index is 0.187. The van der Waals surface area contributed by atoms with Crippen LogP contribution in [-0.2, 0) is 0 Å². The molecule has 0 atom stereocenters. The number of nitrogens with zero attached hydrogens (tertiary/aromatic N) is 1. The zero-order valence-electron chi connectivity index (χ0n) is 6.26. The van der Waals surface area contributed by atoms with Crippen molar-refractivity contribution in [2.75, 3.05) is 7.05 Å². The Labute approximate surface area is 63.7 Å². The van der Waals surface area contributed by atoms with Gasteiger partial charge in [0.1, 0.15) is 0 Å². The van der Waals surface area contributed by atoms with E-state index in [-0.39, 0.29) is 5.36 Å². The molecule has 49 valence electrons. The molecule has 0 saturated carbocycles. The molecule has 3 radical (unpaired) electrons. The third-order valence-electron chi connectivity index (χ3n) is 0.901. The van der Waals surface area contributed by atoms with Crippen LogP contribution in [0.1, 0.15) is 6.92 Å². The number of hydrogen-bond donors (Lipinski definition) is 1. The predicted molar refractivity (Wildman–Crippen MR) is 47.8 cm³/mol. The number of aliphatic imine (C=N–C) groups is 1.